The average molecular weight is 347 g/mol. The summed E-state index contributed by atoms with van der Waals surface area (Å²) < 4.78 is 14.2. The predicted molar refractivity (Wildman–Crippen MR) is 97.7 cm³/mol. The predicted octanol–water partition coefficient (Wildman–Crippen LogP) is 4.01. The first kappa shape index (κ1) is 15.8. The third-order valence-corrected chi connectivity index (χ3v) is 4.00. The maximum atomic E-state index is 14.2. The minimum atomic E-state index is -0.330. The summed E-state index contributed by atoms with van der Waals surface area (Å²) in [6.07, 6.45) is 3.09. The molecule has 3 N–H and O–H groups in total. The van der Waals surface area contributed by atoms with E-state index in [4.69, 9.17) is 0 Å². The molecule has 0 spiro atoms. The summed E-state index contributed by atoms with van der Waals surface area (Å²) >= 11 is 0. The first-order chi connectivity index (χ1) is 12.8. The van der Waals surface area contributed by atoms with Gasteiger partial charge in [0.15, 0.2) is 11.5 Å². The summed E-state index contributed by atoms with van der Waals surface area (Å²) in [4.78, 5) is 11.2. The molecule has 26 heavy (non-hydrogen) atoms. The van der Waals surface area contributed by atoms with Crippen LogP contribution in [0.3, 0.4) is 0 Å². The molecule has 0 aliphatic rings. The Balaban J connectivity index is 1.71. The number of benzene rings is 2. The van der Waals surface area contributed by atoms with Gasteiger partial charge in [-0.3, -0.25) is 0 Å². The number of fused-ring (bicyclic) bond motifs is 1. The number of aromatic nitrogens is 3. The summed E-state index contributed by atoms with van der Waals surface area (Å²) in [5, 5.41) is 15.8. The quantitative estimate of drug-likeness (QED) is 0.226. The Bertz CT molecular complexity index is 1090. The van der Waals surface area contributed by atoms with Gasteiger partial charge in [0.25, 0.3) is 0 Å². The number of anilines is 1. The van der Waals surface area contributed by atoms with E-state index in [-0.39, 0.29) is 11.7 Å². The van der Waals surface area contributed by atoms with Crippen LogP contribution in [0.1, 0.15) is 5.56 Å². The lowest BCUT2D eigenvalue weighted by atomic mass is 10.0. The fraction of sp³-hybridized carbons (Fsp3) is 0. The molecule has 0 aliphatic carbocycles. The molecular formula is C19H14FN5O. The third-order valence-electron chi connectivity index (χ3n) is 4.00. The maximum Gasteiger partial charge on any atom is 0.179 e. The molecule has 0 atom stereocenters. The van der Waals surface area contributed by atoms with E-state index in [0.29, 0.717) is 28.0 Å². The van der Waals surface area contributed by atoms with Gasteiger partial charge in [0.2, 0.25) is 0 Å². The summed E-state index contributed by atoms with van der Waals surface area (Å²) in [5.41, 5.74) is 3.54. The molecule has 0 aliphatic heterocycles. The average Bonchev–Trinajstić information content (AvgIpc) is 3.17. The number of rotatable bonds is 3. The van der Waals surface area contributed by atoms with Gasteiger partial charge in [-0.15, -0.1) is 0 Å². The fourth-order valence-corrected chi connectivity index (χ4v) is 2.77. The fourth-order valence-electron chi connectivity index (χ4n) is 2.77. The molecule has 0 fully saturated rings. The van der Waals surface area contributed by atoms with Crippen LogP contribution in [-0.4, -0.2) is 26.0 Å². The van der Waals surface area contributed by atoms with Crippen LogP contribution in [0.2, 0.25) is 0 Å². The number of amidine groups is 1. The molecule has 0 radical (unpaired) electrons. The first-order valence-electron chi connectivity index (χ1n) is 7.89. The number of H-pyrrole nitrogens is 1. The van der Waals surface area contributed by atoms with E-state index >= 15 is 0 Å². The number of aromatic amines is 1. The van der Waals surface area contributed by atoms with Crippen LogP contribution in [0, 0.1) is 5.82 Å². The van der Waals surface area contributed by atoms with E-state index in [1.807, 2.05) is 30.3 Å². The minimum Gasteiger partial charge on any atom is -0.409 e. The van der Waals surface area contributed by atoms with Gasteiger partial charge >= 0.3 is 0 Å². The molecule has 2 aromatic heterocycles. The van der Waals surface area contributed by atoms with Gasteiger partial charge in [0.1, 0.15) is 5.82 Å². The standard InChI is InChI=1S/C19H14FN5O/c20-16-7-6-13(10-15(16)12-4-2-1-3-5-12)24-18(25-26)14-8-9-21-19-17(14)22-11-23-19/h1-11,26H,(H,24,25)(H,21,22,23). The zero-order valence-electron chi connectivity index (χ0n) is 13.5. The smallest absolute Gasteiger partial charge is 0.179 e. The van der Waals surface area contributed by atoms with E-state index < -0.39 is 0 Å². The van der Waals surface area contributed by atoms with Crippen LogP contribution in [0.25, 0.3) is 22.3 Å². The van der Waals surface area contributed by atoms with E-state index in [1.165, 1.54) is 12.4 Å². The van der Waals surface area contributed by atoms with E-state index in [0.717, 1.165) is 5.56 Å². The van der Waals surface area contributed by atoms with Crippen LogP contribution in [0.5, 0.6) is 0 Å². The number of oxime groups is 1. The van der Waals surface area contributed by atoms with Crippen LogP contribution in [-0.2, 0) is 0 Å². The summed E-state index contributed by atoms with van der Waals surface area (Å²) in [7, 11) is 0. The van der Waals surface area contributed by atoms with Crippen molar-refractivity contribution < 1.29 is 9.60 Å². The van der Waals surface area contributed by atoms with Crippen molar-refractivity contribution in [2.45, 2.75) is 0 Å². The summed E-state index contributed by atoms with van der Waals surface area (Å²) in [5.74, 6) is -0.128. The van der Waals surface area contributed by atoms with Crippen LogP contribution in [0.15, 0.2) is 72.3 Å². The molecule has 0 amide bonds. The van der Waals surface area contributed by atoms with E-state index in [1.54, 1.807) is 24.4 Å². The number of nitrogens with zero attached hydrogens (tertiary/aromatic N) is 3. The molecule has 4 aromatic rings. The Morgan fingerprint density at radius 2 is 1.92 bits per heavy atom. The van der Waals surface area contributed by atoms with E-state index in [9.17, 15) is 9.60 Å². The number of nitrogens with one attached hydrogen (secondary N) is 2. The minimum absolute atomic E-state index is 0.201. The molecule has 2 heterocycles. The van der Waals surface area contributed by atoms with Crippen molar-refractivity contribution in [3.8, 4) is 11.1 Å². The Morgan fingerprint density at radius 3 is 2.73 bits per heavy atom. The lowest BCUT2D eigenvalue weighted by Gasteiger charge is -2.11. The van der Waals surface area contributed by atoms with Gasteiger partial charge < -0.3 is 15.5 Å². The second-order valence-electron chi connectivity index (χ2n) is 5.59. The van der Waals surface area contributed by atoms with Crippen molar-refractivity contribution in [3.63, 3.8) is 0 Å². The highest BCUT2D eigenvalue weighted by Crippen LogP contribution is 2.26. The molecule has 4 rings (SSSR count). The molecule has 0 saturated carbocycles. The Labute approximate surface area is 148 Å². The highest BCUT2D eigenvalue weighted by molar-refractivity contribution is 6.13. The maximum absolute atomic E-state index is 14.2. The lowest BCUT2D eigenvalue weighted by Crippen LogP contribution is -2.14. The molecule has 128 valence electrons. The molecule has 0 saturated heterocycles. The molecule has 6 nitrogen and oxygen atoms in total. The Kier molecular flexibility index (Phi) is 4.03. The van der Waals surface area contributed by atoms with Crippen molar-refractivity contribution in [2.24, 2.45) is 5.16 Å². The topological polar surface area (TPSA) is 86.2 Å². The van der Waals surface area contributed by atoms with Gasteiger partial charge in [0, 0.05) is 23.0 Å². The van der Waals surface area contributed by atoms with Gasteiger partial charge in [0.05, 0.1) is 11.8 Å². The Hall–Kier alpha value is -3.74. The number of hydrogen-bond donors (Lipinski definition) is 3. The van der Waals surface area contributed by atoms with Gasteiger partial charge in [-0.2, -0.15) is 0 Å². The number of imidazole rings is 1. The monoisotopic (exact) mass is 347 g/mol. The van der Waals surface area contributed by atoms with E-state index in [2.05, 4.69) is 25.4 Å². The molecule has 2 aromatic carbocycles. The van der Waals surface area contributed by atoms with Crippen molar-refractivity contribution >= 4 is 22.7 Å². The zero-order chi connectivity index (χ0) is 17.9. The zero-order valence-corrected chi connectivity index (χ0v) is 13.5. The van der Waals surface area contributed by atoms with Gasteiger partial charge in [-0.05, 0) is 29.8 Å². The van der Waals surface area contributed by atoms with Crippen LogP contribution < -0.4 is 5.32 Å². The second-order valence-corrected chi connectivity index (χ2v) is 5.59. The summed E-state index contributed by atoms with van der Waals surface area (Å²) in [6.45, 7) is 0. The molecule has 7 heteroatoms. The SMILES string of the molecule is O/N=C(/Nc1ccc(F)c(-c2ccccc2)c1)c1ccnc2nc[nH]c12. The second kappa shape index (κ2) is 6.64. The van der Waals surface area contributed by atoms with Crippen LogP contribution in [0.4, 0.5) is 10.1 Å². The highest BCUT2D eigenvalue weighted by atomic mass is 19.1. The van der Waals surface area contributed by atoms with Gasteiger partial charge in [-0.1, -0.05) is 35.5 Å². The normalized spacial score (nSPS) is 11.7. The summed E-state index contributed by atoms with van der Waals surface area (Å²) in [6, 6.07) is 15.6. The first-order valence-corrected chi connectivity index (χ1v) is 7.89. The largest absolute Gasteiger partial charge is 0.409 e. The molecule has 0 unspecified atom stereocenters. The van der Waals surface area contributed by atoms with Crippen LogP contribution >= 0.6 is 0 Å². The molecular weight excluding hydrogens is 333 g/mol. The molecule has 0 bridgehead atoms. The number of hydrogen-bond acceptors (Lipinski definition) is 4. The van der Waals surface area contributed by atoms with Crippen molar-refractivity contribution in [1.82, 2.24) is 15.0 Å². The van der Waals surface area contributed by atoms with Crippen molar-refractivity contribution in [1.29, 1.82) is 0 Å². The lowest BCUT2D eigenvalue weighted by molar-refractivity contribution is 0.319. The third kappa shape index (κ3) is 2.86. The number of halogens is 1. The Morgan fingerprint density at radius 1 is 1.08 bits per heavy atom. The van der Waals surface area contributed by atoms with Gasteiger partial charge in [-0.25, -0.2) is 14.4 Å². The van der Waals surface area contributed by atoms with Crippen molar-refractivity contribution in [2.75, 3.05) is 5.32 Å². The number of pyridine rings is 1. The highest BCUT2D eigenvalue weighted by Gasteiger charge is 2.13. The van der Waals surface area contributed by atoms with Crippen molar-refractivity contribution in [3.05, 3.63) is 78.5 Å².